The predicted molar refractivity (Wildman–Crippen MR) is 111 cm³/mol. The van der Waals surface area contributed by atoms with Gasteiger partial charge in [-0.2, -0.15) is 0 Å². The van der Waals surface area contributed by atoms with Gasteiger partial charge in [-0.15, -0.1) is 0 Å². The van der Waals surface area contributed by atoms with Gasteiger partial charge in [0.15, 0.2) is 6.10 Å². The van der Waals surface area contributed by atoms with E-state index in [0.29, 0.717) is 28.9 Å². The molecule has 27 heavy (non-hydrogen) atoms. The Bertz CT molecular complexity index is 833. The standard InChI is InChI=1S/C21H24Cl2N2O2/c1-14-5-4-6-19(15(14)2)24-9-11-25(12-10-24)21(26)16(3)27-20-8-7-17(22)13-18(20)23/h4-8,13,16H,9-12H2,1-3H3. The molecule has 1 atom stereocenters. The molecule has 1 amide bonds. The van der Waals surface area contributed by atoms with Crippen LogP contribution in [0.4, 0.5) is 5.69 Å². The van der Waals surface area contributed by atoms with E-state index in [0.717, 1.165) is 13.1 Å². The summed E-state index contributed by atoms with van der Waals surface area (Å²) in [7, 11) is 0. The largest absolute Gasteiger partial charge is 0.479 e. The molecule has 1 fully saturated rings. The van der Waals surface area contributed by atoms with Crippen LogP contribution in [0.1, 0.15) is 18.1 Å². The van der Waals surface area contributed by atoms with Gasteiger partial charge in [0, 0.05) is 36.9 Å². The van der Waals surface area contributed by atoms with Gasteiger partial charge in [-0.05, 0) is 56.2 Å². The van der Waals surface area contributed by atoms with Gasteiger partial charge in [-0.25, -0.2) is 0 Å². The highest BCUT2D eigenvalue weighted by Gasteiger charge is 2.27. The first-order valence-corrected chi connectivity index (χ1v) is 9.84. The third-order valence-corrected chi connectivity index (χ3v) is 5.58. The minimum Gasteiger partial charge on any atom is -0.479 e. The van der Waals surface area contributed by atoms with Gasteiger partial charge >= 0.3 is 0 Å². The van der Waals surface area contributed by atoms with Crippen LogP contribution in [0.5, 0.6) is 5.75 Å². The van der Waals surface area contributed by atoms with E-state index in [1.54, 1.807) is 25.1 Å². The maximum Gasteiger partial charge on any atom is 0.263 e. The van der Waals surface area contributed by atoms with Gasteiger partial charge in [-0.1, -0.05) is 35.3 Å². The minimum atomic E-state index is -0.601. The first kappa shape index (κ1) is 19.8. The number of amides is 1. The zero-order valence-corrected chi connectivity index (χ0v) is 17.3. The summed E-state index contributed by atoms with van der Waals surface area (Å²) in [5.41, 5.74) is 3.83. The van der Waals surface area contributed by atoms with E-state index in [1.165, 1.54) is 16.8 Å². The lowest BCUT2D eigenvalue weighted by atomic mass is 10.1. The van der Waals surface area contributed by atoms with Crippen LogP contribution in [-0.4, -0.2) is 43.1 Å². The van der Waals surface area contributed by atoms with Gasteiger partial charge in [0.25, 0.3) is 5.91 Å². The molecule has 1 aliphatic heterocycles. The summed E-state index contributed by atoms with van der Waals surface area (Å²) in [6.07, 6.45) is -0.601. The average molecular weight is 407 g/mol. The molecule has 6 heteroatoms. The molecule has 0 spiro atoms. The Morgan fingerprint density at radius 1 is 1.07 bits per heavy atom. The molecule has 1 heterocycles. The van der Waals surface area contributed by atoms with E-state index in [2.05, 4.69) is 36.9 Å². The van der Waals surface area contributed by atoms with Gasteiger partial charge in [-0.3, -0.25) is 4.79 Å². The zero-order valence-electron chi connectivity index (χ0n) is 15.8. The molecule has 3 rings (SSSR count). The van der Waals surface area contributed by atoms with Crippen molar-refractivity contribution in [3.8, 4) is 5.75 Å². The number of carbonyl (C=O) groups excluding carboxylic acids is 1. The number of piperazine rings is 1. The van der Waals surface area contributed by atoms with Crippen molar-refractivity contribution in [2.45, 2.75) is 26.9 Å². The lowest BCUT2D eigenvalue weighted by Gasteiger charge is -2.38. The van der Waals surface area contributed by atoms with Crippen LogP contribution in [0.15, 0.2) is 36.4 Å². The van der Waals surface area contributed by atoms with Crippen molar-refractivity contribution in [2.24, 2.45) is 0 Å². The minimum absolute atomic E-state index is 0.0263. The predicted octanol–water partition coefficient (Wildman–Crippen LogP) is 4.73. The number of benzene rings is 2. The number of rotatable bonds is 4. The second kappa shape index (κ2) is 8.41. The fourth-order valence-electron chi connectivity index (χ4n) is 3.31. The number of hydrogen-bond acceptors (Lipinski definition) is 3. The molecule has 0 aromatic heterocycles. The van der Waals surface area contributed by atoms with Crippen molar-refractivity contribution >= 4 is 34.8 Å². The molecular formula is C21H24Cl2N2O2. The quantitative estimate of drug-likeness (QED) is 0.735. The lowest BCUT2D eigenvalue weighted by Crippen LogP contribution is -2.52. The van der Waals surface area contributed by atoms with Crippen molar-refractivity contribution < 1.29 is 9.53 Å². The van der Waals surface area contributed by atoms with Gasteiger partial charge in [0.1, 0.15) is 5.75 Å². The average Bonchev–Trinajstić information content (AvgIpc) is 2.66. The zero-order chi connectivity index (χ0) is 19.6. The monoisotopic (exact) mass is 406 g/mol. The Labute approximate surface area is 170 Å². The van der Waals surface area contributed by atoms with Gasteiger partial charge < -0.3 is 14.5 Å². The molecule has 1 aliphatic rings. The number of nitrogens with zero attached hydrogens (tertiary/aromatic N) is 2. The summed E-state index contributed by atoms with van der Waals surface area (Å²) in [6, 6.07) is 11.4. The fraction of sp³-hybridized carbons (Fsp3) is 0.381. The Kier molecular flexibility index (Phi) is 6.18. The third kappa shape index (κ3) is 4.50. The molecule has 0 aliphatic carbocycles. The van der Waals surface area contributed by atoms with Crippen molar-refractivity contribution in [3.05, 3.63) is 57.6 Å². The molecule has 0 saturated carbocycles. The van der Waals surface area contributed by atoms with Crippen LogP contribution < -0.4 is 9.64 Å². The van der Waals surface area contributed by atoms with Crippen molar-refractivity contribution in [1.82, 2.24) is 4.90 Å². The van der Waals surface area contributed by atoms with E-state index < -0.39 is 6.10 Å². The number of anilines is 1. The van der Waals surface area contributed by atoms with E-state index in [4.69, 9.17) is 27.9 Å². The summed E-state index contributed by atoms with van der Waals surface area (Å²) in [5.74, 6) is 0.442. The second-order valence-corrected chi connectivity index (χ2v) is 7.71. The van der Waals surface area contributed by atoms with Gasteiger partial charge in [0.2, 0.25) is 0 Å². The topological polar surface area (TPSA) is 32.8 Å². The van der Waals surface area contributed by atoms with Crippen LogP contribution in [-0.2, 0) is 4.79 Å². The first-order chi connectivity index (χ1) is 12.9. The molecule has 0 radical (unpaired) electrons. The molecule has 144 valence electrons. The molecule has 1 saturated heterocycles. The van der Waals surface area contributed by atoms with Crippen LogP contribution >= 0.6 is 23.2 Å². The molecule has 0 N–H and O–H groups in total. The highest BCUT2D eigenvalue weighted by molar-refractivity contribution is 6.35. The molecule has 2 aromatic rings. The molecule has 4 nitrogen and oxygen atoms in total. The molecule has 0 bridgehead atoms. The SMILES string of the molecule is Cc1cccc(N2CCN(C(=O)C(C)Oc3ccc(Cl)cc3Cl)CC2)c1C. The van der Waals surface area contributed by atoms with Crippen molar-refractivity contribution in [1.29, 1.82) is 0 Å². The van der Waals surface area contributed by atoms with Crippen LogP contribution in [0, 0.1) is 13.8 Å². The molecule has 2 aromatic carbocycles. The van der Waals surface area contributed by atoms with Crippen LogP contribution in [0.3, 0.4) is 0 Å². The summed E-state index contributed by atoms with van der Waals surface area (Å²) < 4.78 is 5.77. The van der Waals surface area contributed by atoms with Crippen molar-refractivity contribution in [3.63, 3.8) is 0 Å². The highest BCUT2D eigenvalue weighted by atomic mass is 35.5. The summed E-state index contributed by atoms with van der Waals surface area (Å²) in [6.45, 7) is 9.00. The number of ether oxygens (including phenoxy) is 1. The maximum absolute atomic E-state index is 12.8. The summed E-state index contributed by atoms with van der Waals surface area (Å²) in [4.78, 5) is 17.0. The lowest BCUT2D eigenvalue weighted by molar-refractivity contribution is -0.138. The van der Waals surface area contributed by atoms with Gasteiger partial charge in [0.05, 0.1) is 5.02 Å². The third-order valence-electron chi connectivity index (χ3n) is 5.05. The summed E-state index contributed by atoms with van der Waals surface area (Å²) in [5, 5.41) is 0.941. The maximum atomic E-state index is 12.8. The highest BCUT2D eigenvalue weighted by Crippen LogP contribution is 2.29. The number of hydrogen-bond donors (Lipinski definition) is 0. The fourth-order valence-corrected chi connectivity index (χ4v) is 3.77. The summed E-state index contributed by atoms with van der Waals surface area (Å²) >= 11 is 12.0. The molecule has 1 unspecified atom stereocenters. The Morgan fingerprint density at radius 3 is 2.44 bits per heavy atom. The van der Waals surface area contributed by atoms with E-state index in [1.807, 2.05) is 4.90 Å². The Hall–Kier alpha value is -1.91. The Balaban J connectivity index is 1.60. The second-order valence-electron chi connectivity index (χ2n) is 6.87. The Morgan fingerprint density at radius 2 is 1.78 bits per heavy atom. The van der Waals surface area contributed by atoms with E-state index >= 15 is 0 Å². The van der Waals surface area contributed by atoms with Crippen LogP contribution in [0.2, 0.25) is 10.0 Å². The van der Waals surface area contributed by atoms with E-state index in [9.17, 15) is 4.79 Å². The number of aryl methyl sites for hydroxylation is 1. The normalized spacial score (nSPS) is 15.6. The number of halogens is 2. The van der Waals surface area contributed by atoms with Crippen LogP contribution in [0.25, 0.3) is 0 Å². The molecular weight excluding hydrogens is 383 g/mol. The first-order valence-electron chi connectivity index (χ1n) is 9.08. The van der Waals surface area contributed by atoms with E-state index in [-0.39, 0.29) is 5.91 Å². The van der Waals surface area contributed by atoms with Crippen molar-refractivity contribution in [2.75, 3.05) is 31.1 Å². The smallest absolute Gasteiger partial charge is 0.263 e. The number of carbonyl (C=O) groups is 1.